The highest BCUT2D eigenvalue weighted by atomic mass is 16.3. The molecule has 5 rings (SSSR count). The summed E-state index contributed by atoms with van der Waals surface area (Å²) in [6.45, 7) is 0. The summed E-state index contributed by atoms with van der Waals surface area (Å²) in [4.78, 5) is 4.92. The molecule has 2 aromatic heterocycles. The van der Waals surface area contributed by atoms with Crippen LogP contribution >= 0.6 is 0 Å². The number of nitrogens with one attached hydrogen (secondary N) is 1. The Hall–Kier alpha value is -2.92. The predicted molar refractivity (Wildman–Crippen MR) is 96.5 cm³/mol. The molecule has 0 fully saturated rings. The van der Waals surface area contributed by atoms with E-state index < -0.39 is 0 Å². The lowest BCUT2D eigenvalue weighted by Crippen LogP contribution is -2.20. The Bertz CT molecular complexity index is 1100. The van der Waals surface area contributed by atoms with E-state index in [9.17, 15) is 10.2 Å². The normalized spacial score (nSPS) is 17.1. The van der Waals surface area contributed by atoms with Crippen LogP contribution in [-0.2, 0) is 12.8 Å². The molecule has 0 saturated carbocycles. The minimum Gasteiger partial charge on any atom is -0.508 e. The van der Waals surface area contributed by atoms with Crippen molar-refractivity contribution >= 4 is 21.8 Å². The van der Waals surface area contributed by atoms with E-state index in [4.69, 9.17) is 4.98 Å². The molecule has 1 unspecified atom stereocenters. The first kappa shape index (κ1) is 14.4. The van der Waals surface area contributed by atoms with E-state index in [0.717, 1.165) is 51.5 Å². The van der Waals surface area contributed by atoms with Crippen molar-refractivity contribution in [1.82, 2.24) is 15.2 Å². The standard InChI is InChI=1S/C20H17N3O2/c24-12-3-1-11(2-4-12)20-15-9-13(25)5-6-14(15)19-16-10-21-23-17(16)7-8-18(19)22-20/h1-4,7-8,10,13,24-25H,5-6,9H2,(H,21,23). The van der Waals surface area contributed by atoms with Crippen LogP contribution in [0, 0.1) is 0 Å². The van der Waals surface area contributed by atoms with Gasteiger partial charge in [0.05, 0.1) is 29.0 Å². The van der Waals surface area contributed by atoms with Gasteiger partial charge in [0.1, 0.15) is 5.75 Å². The highest BCUT2D eigenvalue weighted by Gasteiger charge is 2.24. The molecule has 1 atom stereocenters. The Morgan fingerprint density at radius 2 is 1.88 bits per heavy atom. The van der Waals surface area contributed by atoms with Crippen molar-refractivity contribution in [3.8, 4) is 17.0 Å². The van der Waals surface area contributed by atoms with Crippen LogP contribution in [0.4, 0.5) is 0 Å². The minimum atomic E-state index is -0.342. The zero-order valence-corrected chi connectivity index (χ0v) is 13.5. The number of hydrogen-bond donors (Lipinski definition) is 3. The molecule has 4 aromatic rings. The number of benzene rings is 2. The van der Waals surface area contributed by atoms with Crippen LogP contribution < -0.4 is 0 Å². The number of aliphatic hydroxyl groups excluding tert-OH is 1. The predicted octanol–water partition coefficient (Wildman–Crippen LogP) is 3.33. The number of aliphatic hydroxyl groups is 1. The molecular weight excluding hydrogens is 314 g/mol. The molecule has 25 heavy (non-hydrogen) atoms. The van der Waals surface area contributed by atoms with Crippen molar-refractivity contribution < 1.29 is 10.2 Å². The van der Waals surface area contributed by atoms with Gasteiger partial charge in [-0.15, -0.1) is 0 Å². The van der Waals surface area contributed by atoms with E-state index in [-0.39, 0.29) is 11.9 Å². The van der Waals surface area contributed by atoms with Crippen LogP contribution in [0.3, 0.4) is 0 Å². The van der Waals surface area contributed by atoms with E-state index in [1.807, 2.05) is 30.5 Å². The Labute approximate surface area is 144 Å². The molecule has 1 aliphatic rings. The van der Waals surface area contributed by atoms with Crippen molar-refractivity contribution in [3.63, 3.8) is 0 Å². The fourth-order valence-corrected chi connectivity index (χ4v) is 3.90. The van der Waals surface area contributed by atoms with E-state index >= 15 is 0 Å². The van der Waals surface area contributed by atoms with E-state index in [2.05, 4.69) is 10.2 Å². The molecule has 2 aromatic carbocycles. The first-order valence-corrected chi connectivity index (χ1v) is 8.46. The summed E-state index contributed by atoms with van der Waals surface area (Å²) in [5, 5.41) is 29.2. The summed E-state index contributed by atoms with van der Waals surface area (Å²) < 4.78 is 0. The molecule has 3 N–H and O–H groups in total. The van der Waals surface area contributed by atoms with Gasteiger partial charge in [-0.05, 0) is 60.4 Å². The van der Waals surface area contributed by atoms with Crippen molar-refractivity contribution in [3.05, 3.63) is 53.7 Å². The maximum atomic E-state index is 10.2. The zero-order chi connectivity index (χ0) is 17.0. The summed E-state index contributed by atoms with van der Waals surface area (Å²) in [6, 6.07) is 11.1. The maximum absolute atomic E-state index is 10.2. The molecule has 0 saturated heterocycles. The topological polar surface area (TPSA) is 82.0 Å². The fourth-order valence-electron chi connectivity index (χ4n) is 3.90. The average molecular weight is 331 g/mol. The number of aromatic amines is 1. The smallest absolute Gasteiger partial charge is 0.115 e. The second kappa shape index (κ2) is 5.29. The second-order valence-electron chi connectivity index (χ2n) is 6.65. The lowest BCUT2D eigenvalue weighted by Gasteiger charge is -2.25. The lowest BCUT2D eigenvalue weighted by molar-refractivity contribution is 0.159. The lowest BCUT2D eigenvalue weighted by atomic mass is 9.84. The van der Waals surface area contributed by atoms with E-state index in [0.29, 0.717) is 6.42 Å². The van der Waals surface area contributed by atoms with Crippen LogP contribution in [0.2, 0.25) is 0 Å². The van der Waals surface area contributed by atoms with Crippen LogP contribution in [0.1, 0.15) is 17.5 Å². The summed E-state index contributed by atoms with van der Waals surface area (Å²) >= 11 is 0. The first-order chi connectivity index (χ1) is 12.2. The number of hydrogen-bond acceptors (Lipinski definition) is 4. The maximum Gasteiger partial charge on any atom is 0.115 e. The van der Waals surface area contributed by atoms with Crippen molar-refractivity contribution in [2.24, 2.45) is 0 Å². The minimum absolute atomic E-state index is 0.235. The van der Waals surface area contributed by atoms with Crippen LogP contribution in [0.5, 0.6) is 5.75 Å². The van der Waals surface area contributed by atoms with Crippen LogP contribution in [0.25, 0.3) is 33.1 Å². The van der Waals surface area contributed by atoms with Crippen LogP contribution in [0.15, 0.2) is 42.6 Å². The molecule has 0 spiro atoms. The molecule has 5 heteroatoms. The number of fused-ring (bicyclic) bond motifs is 5. The number of phenols is 1. The highest BCUT2D eigenvalue weighted by molar-refractivity contribution is 6.07. The van der Waals surface area contributed by atoms with Gasteiger partial charge >= 0.3 is 0 Å². The third-order valence-electron chi connectivity index (χ3n) is 5.09. The Balaban J connectivity index is 1.87. The Morgan fingerprint density at radius 1 is 1.04 bits per heavy atom. The van der Waals surface area contributed by atoms with Crippen molar-refractivity contribution in [2.75, 3.05) is 0 Å². The summed E-state index contributed by atoms with van der Waals surface area (Å²) in [5.74, 6) is 0.235. The molecular formula is C20H17N3O2. The molecule has 124 valence electrons. The van der Waals surface area contributed by atoms with Gasteiger partial charge in [-0.2, -0.15) is 5.10 Å². The largest absolute Gasteiger partial charge is 0.508 e. The number of aromatic hydroxyl groups is 1. The monoisotopic (exact) mass is 331 g/mol. The fraction of sp³-hybridized carbons (Fsp3) is 0.200. The molecule has 2 heterocycles. The number of nitrogens with zero attached hydrogens (tertiary/aromatic N) is 2. The number of rotatable bonds is 1. The quantitative estimate of drug-likeness (QED) is 0.500. The van der Waals surface area contributed by atoms with Gasteiger partial charge in [0.2, 0.25) is 0 Å². The number of aryl methyl sites for hydroxylation is 1. The van der Waals surface area contributed by atoms with Gasteiger partial charge < -0.3 is 10.2 Å². The third kappa shape index (κ3) is 2.20. The van der Waals surface area contributed by atoms with Gasteiger partial charge in [0.25, 0.3) is 0 Å². The van der Waals surface area contributed by atoms with Crippen molar-refractivity contribution in [2.45, 2.75) is 25.4 Å². The number of aromatic nitrogens is 3. The summed E-state index contributed by atoms with van der Waals surface area (Å²) in [6.07, 6.45) is 3.69. The third-order valence-corrected chi connectivity index (χ3v) is 5.09. The summed E-state index contributed by atoms with van der Waals surface area (Å²) in [7, 11) is 0. The molecule has 0 aliphatic heterocycles. The van der Waals surface area contributed by atoms with Crippen molar-refractivity contribution in [1.29, 1.82) is 0 Å². The zero-order valence-electron chi connectivity index (χ0n) is 13.5. The van der Waals surface area contributed by atoms with Gasteiger partial charge in [0.15, 0.2) is 0 Å². The second-order valence-corrected chi connectivity index (χ2v) is 6.65. The van der Waals surface area contributed by atoms with Crippen LogP contribution in [-0.4, -0.2) is 31.5 Å². The summed E-state index contributed by atoms with van der Waals surface area (Å²) in [5.41, 5.74) is 6.14. The van der Waals surface area contributed by atoms with Gasteiger partial charge in [-0.25, -0.2) is 4.98 Å². The Morgan fingerprint density at radius 3 is 2.72 bits per heavy atom. The average Bonchev–Trinajstić information content (AvgIpc) is 3.10. The number of phenolic OH excluding ortho intramolecular Hbond substituents is 1. The van der Waals surface area contributed by atoms with Gasteiger partial charge in [-0.3, -0.25) is 5.10 Å². The molecule has 0 bridgehead atoms. The van der Waals surface area contributed by atoms with Gasteiger partial charge in [0, 0.05) is 22.8 Å². The van der Waals surface area contributed by atoms with Gasteiger partial charge in [-0.1, -0.05) is 0 Å². The first-order valence-electron chi connectivity index (χ1n) is 8.46. The number of pyridine rings is 1. The molecule has 1 aliphatic carbocycles. The molecule has 0 amide bonds. The van der Waals surface area contributed by atoms with E-state index in [1.165, 1.54) is 5.56 Å². The number of H-pyrrole nitrogens is 1. The Kier molecular flexibility index (Phi) is 3.05. The SMILES string of the molecule is Oc1ccc(-c2nc3ccc4[nH]ncc4c3c3c2CC(O)CC3)cc1. The highest BCUT2D eigenvalue weighted by Crippen LogP contribution is 2.38. The molecule has 5 nitrogen and oxygen atoms in total. The van der Waals surface area contributed by atoms with E-state index in [1.54, 1.807) is 12.1 Å². The molecule has 0 radical (unpaired) electrons.